The van der Waals surface area contributed by atoms with E-state index >= 15 is 0 Å². The third kappa shape index (κ3) is 3.77. The number of hydrogen-bond acceptors (Lipinski definition) is 4. The molecule has 1 aliphatic rings. The molecule has 5 heteroatoms. The molecule has 1 aliphatic heterocycles. The zero-order valence-corrected chi connectivity index (χ0v) is 14.8. The maximum Gasteiger partial charge on any atom is 0.166 e. The van der Waals surface area contributed by atoms with E-state index in [1.807, 2.05) is 0 Å². The first kappa shape index (κ1) is 17.3. The molecule has 0 atom stereocenters. The number of nitrogens with zero attached hydrogens (tertiary/aromatic N) is 1. The predicted octanol–water partition coefficient (Wildman–Crippen LogP) is 1.43. The summed E-state index contributed by atoms with van der Waals surface area (Å²) in [4.78, 5) is 14.9. The van der Waals surface area contributed by atoms with Crippen molar-refractivity contribution in [1.29, 1.82) is 0 Å². The predicted molar refractivity (Wildman–Crippen MR) is 97.8 cm³/mol. The molecule has 132 valence electrons. The van der Waals surface area contributed by atoms with Gasteiger partial charge in [0, 0.05) is 11.3 Å². The number of nitrogens with one attached hydrogen (secondary N) is 1. The van der Waals surface area contributed by atoms with E-state index in [0.29, 0.717) is 17.9 Å². The number of methoxy groups -OCH3 is 1. The SMILES string of the molecule is COc1cc(C=O)cc(C[NH+]2CCN(c3ccccc3C)CC2)c1O. The number of benzene rings is 2. The molecule has 2 N–H and O–H groups in total. The molecule has 2 aromatic rings. The summed E-state index contributed by atoms with van der Waals surface area (Å²) < 4.78 is 5.18. The lowest BCUT2D eigenvalue weighted by Gasteiger charge is -2.34. The van der Waals surface area contributed by atoms with Gasteiger partial charge in [0.25, 0.3) is 0 Å². The van der Waals surface area contributed by atoms with Crippen molar-refractivity contribution in [2.75, 3.05) is 38.2 Å². The largest absolute Gasteiger partial charge is 0.504 e. The minimum Gasteiger partial charge on any atom is -0.504 e. The van der Waals surface area contributed by atoms with Gasteiger partial charge in [-0.25, -0.2) is 0 Å². The van der Waals surface area contributed by atoms with Crippen molar-refractivity contribution < 1.29 is 19.5 Å². The normalized spacial score (nSPS) is 15.2. The molecule has 1 heterocycles. The van der Waals surface area contributed by atoms with Gasteiger partial charge < -0.3 is 19.6 Å². The monoisotopic (exact) mass is 341 g/mol. The number of aromatic hydroxyl groups is 1. The van der Waals surface area contributed by atoms with E-state index in [9.17, 15) is 9.90 Å². The molecule has 0 radical (unpaired) electrons. The van der Waals surface area contributed by atoms with Crippen LogP contribution in [-0.2, 0) is 6.54 Å². The molecule has 0 bridgehead atoms. The number of phenols is 1. The molecule has 2 aromatic carbocycles. The molecule has 25 heavy (non-hydrogen) atoms. The Balaban J connectivity index is 1.68. The van der Waals surface area contributed by atoms with Crippen molar-refractivity contribution in [2.24, 2.45) is 0 Å². The van der Waals surface area contributed by atoms with Crippen LogP contribution in [-0.4, -0.2) is 44.7 Å². The van der Waals surface area contributed by atoms with E-state index in [2.05, 4.69) is 36.1 Å². The van der Waals surface area contributed by atoms with Gasteiger partial charge in [0.05, 0.1) is 38.9 Å². The van der Waals surface area contributed by atoms with Crippen LogP contribution in [0.1, 0.15) is 21.5 Å². The summed E-state index contributed by atoms with van der Waals surface area (Å²) in [6, 6.07) is 11.8. The van der Waals surface area contributed by atoms with Gasteiger partial charge >= 0.3 is 0 Å². The van der Waals surface area contributed by atoms with Crippen LogP contribution in [0.15, 0.2) is 36.4 Å². The van der Waals surface area contributed by atoms with Crippen molar-refractivity contribution >= 4 is 12.0 Å². The van der Waals surface area contributed by atoms with Gasteiger partial charge in [0.2, 0.25) is 0 Å². The summed E-state index contributed by atoms with van der Waals surface area (Å²) in [5, 5.41) is 10.3. The zero-order chi connectivity index (χ0) is 17.8. The second kappa shape index (κ2) is 7.57. The summed E-state index contributed by atoms with van der Waals surface area (Å²) in [6.07, 6.45) is 0.789. The third-order valence-electron chi connectivity index (χ3n) is 4.90. The first-order valence-electron chi connectivity index (χ1n) is 8.61. The van der Waals surface area contributed by atoms with Crippen LogP contribution >= 0.6 is 0 Å². The van der Waals surface area contributed by atoms with Crippen LogP contribution in [0.5, 0.6) is 11.5 Å². The van der Waals surface area contributed by atoms with E-state index in [-0.39, 0.29) is 5.75 Å². The highest BCUT2D eigenvalue weighted by molar-refractivity contribution is 5.77. The van der Waals surface area contributed by atoms with Crippen molar-refractivity contribution in [2.45, 2.75) is 13.5 Å². The standard InChI is InChI=1S/C20H24N2O3/c1-15-5-3-4-6-18(15)22-9-7-21(8-10-22)13-17-11-16(14-23)12-19(25-2)20(17)24/h3-6,11-12,14,24H,7-10,13H2,1-2H3/p+1. The van der Waals surface area contributed by atoms with Crippen LogP contribution in [0, 0.1) is 6.92 Å². The summed E-state index contributed by atoms with van der Waals surface area (Å²) in [5.41, 5.74) is 3.89. The molecule has 0 amide bonds. The third-order valence-corrected chi connectivity index (χ3v) is 4.90. The lowest BCUT2D eigenvalue weighted by atomic mass is 10.1. The van der Waals surface area contributed by atoms with E-state index < -0.39 is 0 Å². The lowest BCUT2D eigenvalue weighted by Crippen LogP contribution is -3.13. The van der Waals surface area contributed by atoms with Crippen molar-refractivity contribution in [3.05, 3.63) is 53.1 Å². The first-order valence-corrected chi connectivity index (χ1v) is 8.61. The molecule has 0 aliphatic carbocycles. The minimum absolute atomic E-state index is 0.141. The van der Waals surface area contributed by atoms with Crippen LogP contribution in [0.25, 0.3) is 0 Å². The summed E-state index contributed by atoms with van der Waals surface area (Å²) in [7, 11) is 1.50. The van der Waals surface area contributed by atoms with Crippen molar-refractivity contribution in [3.63, 3.8) is 0 Å². The maximum atomic E-state index is 11.1. The molecular weight excluding hydrogens is 316 g/mol. The molecule has 0 unspecified atom stereocenters. The van der Waals surface area contributed by atoms with E-state index in [1.54, 1.807) is 12.1 Å². The Morgan fingerprint density at radius 1 is 1.24 bits per heavy atom. The Hall–Kier alpha value is -2.53. The average Bonchev–Trinajstić information content (AvgIpc) is 2.64. The van der Waals surface area contributed by atoms with Gasteiger partial charge in [-0.05, 0) is 30.7 Å². The van der Waals surface area contributed by atoms with E-state index in [0.717, 1.165) is 38.0 Å². The number of phenolic OH excluding ortho intramolecular Hbond substituents is 1. The van der Waals surface area contributed by atoms with Gasteiger partial charge in [0.15, 0.2) is 11.5 Å². The Kier molecular flexibility index (Phi) is 5.24. The number of quaternary nitrogens is 1. The molecule has 0 saturated carbocycles. The summed E-state index contributed by atoms with van der Waals surface area (Å²) >= 11 is 0. The van der Waals surface area contributed by atoms with Crippen LogP contribution in [0.2, 0.25) is 0 Å². The first-order chi connectivity index (χ1) is 12.1. The highest BCUT2D eigenvalue weighted by Gasteiger charge is 2.23. The van der Waals surface area contributed by atoms with E-state index in [1.165, 1.54) is 23.3 Å². The molecule has 1 saturated heterocycles. The molecule has 5 nitrogen and oxygen atoms in total. The van der Waals surface area contributed by atoms with Crippen molar-refractivity contribution in [1.82, 2.24) is 0 Å². The summed E-state index contributed by atoms with van der Waals surface area (Å²) in [6.45, 7) is 6.76. The fraction of sp³-hybridized carbons (Fsp3) is 0.350. The number of carbonyl (C=O) groups is 1. The fourth-order valence-electron chi connectivity index (χ4n) is 3.48. The Morgan fingerprint density at radius 3 is 2.60 bits per heavy atom. The quantitative estimate of drug-likeness (QED) is 0.808. The molecule has 0 aromatic heterocycles. The zero-order valence-electron chi connectivity index (χ0n) is 14.8. The number of aryl methyl sites for hydroxylation is 1. The number of hydrogen-bond donors (Lipinski definition) is 2. The molecule has 3 rings (SSSR count). The average molecular weight is 341 g/mol. The van der Waals surface area contributed by atoms with Gasteiger partial charge in [-0.1, -0.05) is 18.2 Å². The molecule has 0 spiro atoms. The number of para-hydroxylation sites is 1. The van der Waals surface area contributed by atoms with Crippen LogP contribution in [0.4, 0.5) is 5.69 Å². The lowest BCUT2D eigenvalue weighted by molar-refractivity contribution is -0.914. The highest BCUT2D eigenvalue weighted by Crippen LogP contribution is 2.30. The Bertz CT molecular complexity index is 753. The second-order valence-corrected chi connectivity index (χ2v) is 6.55. The second-order valence-electron chi connectivity index (χ2n) is 6.55. The minimum atomic E-state index is 0.141. The number of rotatable bonds is 5. The van der Waals surface area contributed by atoms with Gasteiger partial charge in [-0.3, -0.25) is 4.79 Å². The topological polar surface area (TPSA) is 54.2 Å². The van der Waals surface area contributed by atoms with E-state index in [4.69, 9.17) is 4.74 Å². The number of piperazine rings is 1. The number of anilines is 1. The maximum absolute atomic E-state index is 11.1. The number of carbonyl (C=O) groups excluding carboxylic acids is 1. The highest BCUT2D eigenvalue weighted by atomic mass is 16.5. The van der Waals surface area contributed by atoms with Gasteiger partial charge in [-0.15, -0.1) is 0 Å². The Labute approximate surface area is 148 Å². The summed E-state index contributed by atoms with van der Waals surface area (Å²) in [5.74, 6) is 0.500. The van der Waals surface area contributed by atoms with Crippen LogP contribution < -0.4 is 14.5 Å². The van der Waals surface area contributed by atoms with Gasteiger partial charge in [0.1, 0.15) is 12.8 Å². The van der Waals surface area contributed by atoms with Gasteiger partial charge in [-0.2, -0.15) is 0 Å². The molecular formula is C20H25N2O3+. The Morgan fingerprint density at radius 2 is 1.96 bits per heavy atom. The molecule has 1 fully saturated rings. The number of ether oxygens (including phenoxy) is 1. The van der Waals surface area contributed by atoms with Crippen LogP contribution in [0.3, 0.4) is 0 Å². The fourth-order valence-corrected chi connectivity index (χ4v) is 3.48. The number of aldehydes is 1. The smallest absolute Gasteiger partial charge is 0.166 e. The van der Waals surface area contributed by atoms with Crippen molar-refractivity contribution in [3.8, 4) is 11.5 Å².